The summed E-state index contributed by atoms with van der Waals surface area (Å²) in [5.74, 6) is 1.00. The standard InChI is InChI=1S/C16H20N5.BrH/c1-11-15(12-8-6-7-9-14(12)20(11)4)18-13-10-17-21(5)16(13)19(2)3;/h6-10H,1-5H3;1H/q+1;/p-1. The Morgan fingerprint density at radius 3 is 2.59 bits per heavy atom. The topological polar surface area (TPSA) is 36.4 Å². The van der Waals surface area contributed by atoms with Gasteiger partial charge < -0.3 is 21.9 Å². The lowest BCUT2D eigenvalue weighted by atomic mass is 10.1. The molecule has 6 heteroatoms. The molecule has 1 aromatic heterocycles. The zero-order valence-electron chi connectivity index (χ0n) is 13.5. The maximum Gasteiger partial charge on any atom is 0.214 e. The van der Waals surface area contributed by atoms with E-state index in [0.717, 1.165) is 22.9 Å². The van der Waals surface area contributed by atoms with Crippen LogP contribution in [0.5, 0.6) is 0 Å². The maximum atomic E-state index is 4.89. The molecule has 3 rings (SSSR count). The number of nitrogens with zero attached hydrogens (tertiary/aromatic N) is 5. The van der Waals surface area contributed by atoms with Crippen molar-refractivity contribution in [2.24, 2.45) is 12.0 Å². The van der Waals surface area contributed by atoms with Gasteiger partial charge in [0, 0.05) is 34.1 Å². The predicted octanol–water partition coefficient (Wildman–Crippen LogP) is -0.641. The van der Waals surface area contributed by atoms with Crippen LogP contribution < -0.4 is 21.9 Å². The number of aromatic nitrogens is 2. The zero-order valence-corrected chi connectivity index (χ0v) is 15.1. The van der Waals surface area contributed by atoms with Gasteiger partial charge in [-0.1, -0.05) is 12.1 Å². The van der Waals surface area contributed by atoms with Crippen LogP contribution in [0.4, 0.5) is 17.2 Å². The van der Waals surface area contributed by atoms with Crippen LogP contribution in [0.2, 0.25) is 0 Å². The fourth-order valence-electron chi connectivity index (χ4n) is 2.78. The first-order valence-electron chi connectivity index (χ1n) is 6.95. The Balaban J connectivity index is 0.00000176. The van der Waals surface area contributed by atoms with Gasteiger partial charge in [-0.05, 0) is 6.07 Å². The van der Waals surface area contributed by atoms with Gasteiger partial charge in [0.1, 0.15) is 18.4 Å². The van der Waals surface area contributed by atoms with Crippen molar-refractivity contribution in [1.29, 1.82) is 0 Å². The zero-order chi connectivity index (χ0) is 15.1. The van der Waals surface area contributed by atoms with Crippen LogP contribution in [0.15, 0.2) is 35.5 Å². The third-order valence-electron chi connectivity index (χ3n) is 3.91. The monoisotopic (exact) mass is 361 g/mol. The Kier molecular flexibility index (Phi) is 4.51. The summed E-state index contributed by atoms with van der Waals surface area (Å²) in [4.78, 5) is 6.92. The average Bonchev–Trinajstić information content (AvgIpc) is 2.94. The van der Waals surface area contributed by atoms with Crippen LogP contribution >= 0.6 is 0 Å². The number of anilines is 1. The number of aliphatic imine (C=N–C) groups is 1. The second-order valence-electron chi connectivity index (χ2n) is 5.49. The minimum atomic E-state index is 0. The van der Waals surface area contributed by atoms with Gasteiger partial charge in [0.05, 0.1) is 11.8 Å². The highest BCUT2D eigenvalue weighted by Gasteiger charge is 2.30. The Hall–Kier alpha value is -1.95. The van der Waals surface area contributed by atoms with Crippen molar-refractivity contribution in [3.8, 4) is 0 Å². The molecule has 0 spiro atoms. The Morgan fingerprint density at radius 2 is 1.91 bits per heavy atom. The summed E-state index contributed by atoms with van der Waals surface area (Å²) in [5.41, 5.74) is 5.44. The lowest BCUT2D eigenvalue weighted by Crippen LogP contribution is -3.00. The summed E-state index contributed by atoms with van der Waals surface area (Å²) < 4.78 is 4.03. The minimum absolute atomic E-state index is 0. The summed E-state index contributed by atoms with van der Waals surface area (Å²) in [6.45, 7) is 2.10. The summed E-state index contributed by atoms with van der Waals surface area (Å²) in [5, 5.41) is 4.32. The van der Waals surface area contributed by atoms with Crippen LogP contribution in [0, 0.1) is 0 Å². The van der Waals surface area contributed by atoms with Gasteiger partial charge in [-0.25, -0.2) is 4.99 Å². The maximum absolute atomic E-state index is 4.89. The van der Waals surface area contributed by atoms with Crippen molar-refractivity contribution in [2.45, 2.75) is 6.92 Å². The molecular weight excluding hydrogens is 342 g/mol. The fraction of sp³-hybridized carbons (Fsp3) is 0.312. The molecule has 0 unspecified atom stereocenters. The largest absolute Gasteiger partial charge is 1.00 e. The fourth-order valence-corrected chi connectivity index (χ4v) is 2.78. The van der Waals surface area contributed by atoms with E-state index in [1.807, 2.05) is 36.9 Å². The first-order chi connectivity index (χ1) is 10.0. The van der Waals surface area contributed by atoms with Gasteiger partial charge in [-0.3, -0.25) is 4.68 Å². The first kappa shape index (κ1) is 16.4. The van der Waals surface area contributed by atoms with Crippen molar-refractivity contribution in [1.82, 2.24) is 9.78 Å². The van der Waals surface area contributed by atoms with Crippen LogP contribution in [0.25, 0.3) is 0 Å². The van der Waals surface area contributed by atoms with E-state index in [9.17, 15) is 0 Å². The number of benzene rings is 1. The third kappa shape index (κ3) is 2.47. The van der Waals surface area contributed by atoms with Crippen LogP contribution in [0.3, 0.4) is 0 Å². The van der Waals surface area contributed by atoms with Crippen molar-refractivity contribution in [2.75, 3.05) is 26.0 Å². The van der Waals surface area contributed by atoms with Crippen molar-refractivity contribution < 1.29 is 21.6 Å². The van der Waals surface area contributed by atoms with Crippen LogP contribution in [-0.4, -0.2) is 46.9 Å². The van der Waals surface area contributed by atoms with Crippen LogP contribution in [-0.2, 0) is 7.05 Å². The normalized spacial score (nSPS) is 15.0. The van der Waals surface area contributed by atoms with Gasteiger partial charge in [-0.15, -0.1) is 0 Å². The lowest BCUT2D eigenvalue weighted by Gasteiger charge is -2.13. The van der Waals surface area contributed by atoms with Crippen molar-refractivity contribution in [3.63, 3.8) is 0 Å². The van der Waals surface area contributed by atoms with E-state index >= 15 is 0 Å². The average molecular weight is 362 g/mol. The molecule has 0 fully saturated rings. The number of hydrogen-bond donors (Lipinski definition) is 0. The summed E-state index contributed by atoms with van der Waals surface area (Å²) >= 11 is 0. The molecule has 0 atom stereocenters. The van der Waals surface area contributed by atoms with E-state index in [0.29, 0.717) is 0 Å². The van der Waals surface area contributed by atoms with E-state index in [2.05, 4.69) is 47.9 Å². The van der Waals surface area contributed by atoms with E-state index < -0.39 is 0 Å². The molecule has 1 aliphatic rings. The minimum Gasteiger partial charge on any atom is -1.00 e. The number of hydrogen-bond acceptors (Lipinski definition) is 3. The van der Waals surface area contributed by atoms with Gasteiger partial charge in [0.15, 0.2) is 5.82 Å². The summed E-state index contributed by atoms with van der Waals surface area (Å²) in [7, 11) is 8.02. The van der Waals surface area contributed by atoms with Crippen LogP contribution in [0.1, 0.15) is 12.5 Å². The molecule has 1 aromatic carbocycles. The molecule has 22 heavy (non-hydrogen) atoms. The number of para-hydroxylation sites is 1. The van der Waals surface area contributed by atoms with E-state index in [1.165, 1.54) is 11.3 Å². The quantitative estimate of drug-likeness (QED) is 0.667. The highest BCUT2D eigenvalue weighted by Crippen LogP contribution is 2.31. The smallest absolute Gasteiger partial charge is 0.214 e. The number of fused-ring (bicyclic) bond motifs is 1. The Labute approximate surface area is 141 Å². The Bertz CT molecular complexity index is 771. The second kappa shape index (κ2) is 6.04. The highest BCUT2D eigenvalue weighted by atomic mass is 79.9. The summed E-state index contributed by atoms with van der Waals surface area (Å²) in [6, 6.07) is 8.35. The molecule has 0 N–H and O–H groups in total. The predicted molar refractivity (Wildman–Crippen MR) is 86.7 cm³/mol. The molecule has 116 valence electrons. The molecule has 0 saturated heterocycles. The van der Waals surface area contributed by atoms with E-state index in [4.69, 9.17) is 4.99 Å². The molecule has 0 amide bonds. The molecule has 0 radical (unpaired) electrons. The molecule has 2 aromatic rings. The second-order valence-corrected chi connectivity index (χ2v) is 5.49. The van der Waals surface area contributed by atoms with Crippen molar-refractivity contribution in [3.05, 3.63) is 36.0 Å². The molecule has 1 aliphatic heterocycles. The molecular formula is C16H20BrN5. The van der Waals surface area contributed by atoms with Gasteiger partial charge >= 0.3 is 0 Å². The Morgan fingerprint density at radius 1 is 1.23 bits per heavy atom. The number of rotatable bonds is 2. The van der Waals surface area contributed by atoms with Crippen molar-refractivity contribution >= 4 is 28.6 Å². The molecule has 0 bridgehead atoms. The van der Waals surface area contributed by atoms with Gasteiger partial charge in [-0.2, -0.15) is 9.67 Å². The number of aryl methyl sites for hydroxylation is 1. The molecule has 5 nitrogen and oxygen atoms in total. The van der Waals surface area contributed by atoms with E-state index in [-0.39, 0.29) is 17.0 Å². The third-order valence-corrected chi connectivity index (χ3v) is 3.91. The first-order valence-corrected chi connectivity index (χ1v) is 6.95. The highest BCUT2D eigenvalue weighted by molar-refractivity contribution is 6.49. The van der Waals surface area contributed by atoms with Gasteiger partial charge in [0.25, 0.3) is 0 Å². The van der Waals surface area contributed by atoms with Gasteiger partial charge in [0.2, 0.25) is 11.4 Å². The molecule has 0 saturated carbocycles. The lowest BCUT2D eigenvalue weighted by molar-refractivity contribution is -0.400. The van der Waals surface area contributed by atoms with E-state index in [1.54, 1.807) is 0 Å². The number of halogens is 1. The molecule has 2 heterocycles. The SMILES string of the molecule is CC1=[N+](C)c2ccccc2C1=Nc1cnn(C)c1N(C)C.[Br-]. The summed E-state index contributed by atoms with van der Waals surface area (Å²) in [6.07, 6.45) is 1.82. The molecule has 0 aliphatic carbocycles.